The zero-order valence-electron chi connectivity index (χ0n) is 11.3. The average molecular weight is 292 g/mol. The summed E-state index contributed by atoms with van der Waals surface area (Å²) in [5.74, 6) is 6.53. The van der Waals surface area contributed by atoms with Gasteiger partial charge in [-0.25, -0.2) is 10.4 Å². The topological polar surface area (TPSA) is 60.2 Å². The van der Waals surface area contributed by atoms with Crippen molar-refractivity contribution in [1.29, 1.82) is 0 Å². The van der Waals surface area contributed by atoms with Gasteiger partial charge in [0.25, 0.3) is 0 Å². The lowest BCUT2D eigenvalue weighted by Crippen LogP contribution is -2.29. The van der Waals surface area contributed by atoms with Crippen molar-refractivity contribution in [3.63, 3.8) is 0 Å². The molecule has 4 nitrogen and oxygen atoms in total. The van der Waals surface area contributed by atoms with Crippen LogP contribution in [0.25, 0.3) is 0 Å². The number of hydrogen-bond donors (Lipinski definition) is 2. The zero-order valence-corrected chi connectivity index (χ0v) is 12.1. The number of para-hydroxylation sites is 1. The van der Waals surface area contributed by atoms with Crippen molar-refractivity contribution in [1.82, 2.24) is 10.4 Å². The minimum atomic E-state index is -0.187. The third-order valence-electron chi connectivity index (χ3n) is 2.94. The maximum Gasteiger partial charge on any atom is 0.129 e. The zero-order chi connectivity index (χ0) is 14.4. The molecule has 1 aromatic carbocycles. The SMILES string of the molecule is CCCOc1ccccc1C(NN)c1ccc(Cl)nc1. The van der Waals surface area contributed by atoms with E-state index in [0.717, 1.165) is 23.3 Å². The molecule has 2 rings (SSSR count). The van der Waals surface area contributed by atoms with Gasteiger partial charge in [-0.2, -0.15) is 0 Å². The van der Waals surface area contributed by atoms with Gasteiger partial charge >= 0.3 is 0 Å². The van der Waals surface area contributed by atoms with Crippen LogP contribution in [-0.4, -0.2) is 11.6 Å². The third kappa shape index (κ3) is 3.48. The molecule has 0 aliphatic carbocycles. The van der Waals surface area contributed by atoms with E-state index in [1.807, 2.05) is 30.3 Å². The molecule has 0 bridgehead atoms. The van der Waals surface area contributed by atoms with Crippen LogP contribution in [0.5, 0.6) is 5.75 Å². The Morgan fingerprint density at radius 3 is 2.75 bits per heavy atom. The number of nitrogens with zero attached hydrogens (tertiary/aromatic N) is 1. The molecular weight excluding hydrogens is 274 g/mol. The summed E-state index contributed by atoms with van der Waals surface area (Å²) in [6.45, 7) is 2.75. The molecule has 0 radical (unpaired) electrons. The Bertz CT molecular complexity index is 545. The normalized spacial score (nSPS) is 12.2. The Morgan fingerprint density at radius 2 is 2.10 bits per heavy atom. The summed E-state index contributed by atoms with van der Waals surface area (Å²) in [6.07, 6.45) is 2.67. The summed E-state index contributed by atoms with van der Waals surface area (Å²) in [7, 11) is 0. The molecular formula is C15H18ClN3O. The highest BCUT2D eigenvalue weighted by atomic mass is 35.5. The van der Waals surface area contributed by atoms with E-state index in [2.05, 4.69) is 17.3 Å². The standard InChI is InChI=1S/C15H18ClN3O/c1-2-9-20-13-6-4-3-5-12(13)15(19-17)11-7-8-14(16)18-10-11/h3-8,10,15,19H,2,9,17H2,1H3. The third-order valence-corrected chi connectivity index (χ3v) is 3.17. The summed E-state index contributed by atoms with van der Waals surface area (Å²) in [5, 5.41) is 0.458. The Balaban J connectivity index is 2.33. The van der Waals surface area contributed by atoms with E-state index in [0.29, 0.717) is 11.8 Å². The fourth-order valence-corrected chi connectivity index (χ4v) is 2.10. The quantitative estimate of drug-likeness (QED) is 0.488. The Labute approximate surface area is 123 Å². The fourth-order valence-electron chi connectivity index (χ4n) is 1.99. The van der Waals surface area contributed by atoms with Gasteiger partial charge in [0.05, 0.1) is 12.6 Å². The van der Waals surface area contributed by atoms with E-state index >= 15 is 0 Å². The van der Waals surface area contributed by atoms with Crippen LogP contribution in [0.15, 0.2) is 42.6 Å². The van der Waals surface area contributed by atoms with E-state index in [1.54, 1.807) is 12.3 Å². The molecule has 1 unspecified atom stereocenters. The minimum absolute atomic E-state index is 0.187. The van der Waals surface area contributed by atoms with Crippen LogP contribution in [0.1, 0.15) is 30.5 Å². The molecule has 0 aliphatic rings. The predicted molar refractivity (Wildman–Crippen MR) is 80.6 cm³/mol. The second-order valence-electron chi connectivity index (χ2n) is 4.40. The lowest BCUT2D eigenvalue weighted by Gasteiger charge is -2.20. The highest BCUT2D eigenvalue weighted by molar-refractivity contribution is 6.29. The Hall–Kier alpha value is -1.62. The summed E-state index contributed by atoms with van der Waals surface area (Å²) in [5.41, 5.74) is 4.72. The number of benzene rings is 1. The second-order valence-corrected chi connectivity index (χ2v) is 4.79. The van der Waals surface area contributed by atoms with Gasteiger partial charge in [-0.1, -0.05) is 42.8 Å². The number of nitrogens with two attached hydrogens (primary N) is 1. The van der Waals surface area contributed by atoms with Gasteiger partial charge in [-0.05, 0) is 24.1 Å². The van der Waals surface area contributed by atoms with Crippen LogP contribution in [0.4, 0.5) is 0 Å². The highest BCUT2D eigenvalue weighted by Crippen LogP contribution is 2.29. The van der Waals surface area contributed by atoms with Gasteiger partial charge < -0.3 is 4.74 Å². The summed E-state index contributed by atoms with van der Waals surface area (Å²) < 4.78 is 5.77. The summed E-state index contributed by atoms with van der Waals surface area (Å²) >= 11 is 5.82. The first-order chi connectivity index (χ1) is 9.76. The molecule has 1 heterocycles. The van der Waals surface area contributed by atoms with E-state index in [4.69, 9.17) is 22.2 Å². The molecule has 3 N–H and O–H groups in total. The monoisotopic (exact) mass is 291 g/mol. The van der Waals surface area contributed by atoms with Gasteiger partial charge in [-0.15, -0.1) is 0 Å². The molecule has 0 spiro atoms. The molecule has 2 aromatic rings. The smallest absolute Gasteiger partial charge is 0.129 e. The second kappa shape index (κ2) is 7.24. The molecule has 0 saturated heterocycles. The molecule has 0 aliphatic heterocycles. The number of aromatic nitrogens is 1. The maximum absolute atomic E-state index is 5.82. The Morgan fingerprint density at radius 1 is 1.30 bits per heavy atom. The van der Waals surface area contributed by atoms with Crippen molar-refractivity contribution >= 4 is 11.6 Å². The molecule has 1 aromatic heterocycles. The molecule has 0 fully saturated rings. The largest absolute Gasteiger partial charge is 0.493 e. The van der Waals surface area contributed by atoms with Crippen molar-refractivity contribution < 1.29 is 4.74 Å². The van der Waals surface area contributed by atoms with E-state index in [-0.39, 0.29) is 6.04 Å². The van der Waals surface area contributed by atoms with Gasteiger partial charge in [0.2, 0.25) is 0 Å². The van der Waals surface area contributed by atoms with Crippen molar-refractivity contribution in [2.45, 2.75) is 19.4 Å². The first kappa shape index (κ1) is 14.8. The van der Waals surface area contributed by atoms with E-state index in [9.17, 15) is 0 Å². The van der Waals surface area contributed by atoms with E-state index in [1.165, 1.54) is 0 Å². The number of hydrogen-bond acceptors (Lipinski definition) is 4. The van der Waals surface area contributed by atoms with Gasteiger partial charge in [-0.3, -0.25) is 5.84 Å². The molecule has 5 heteroatoms. The van der Waals surface area contributed by atoms with Crippen LogP contribution in [-0.2, 0) is 0 Å². The number of ether oxygens (including phenoxy) is 1. The number of nitrogens with one attached hydrogen (secondary N) is 1. The molecule has 0 amide bonds. The number of pyridine rings is 1. The highest BCUT2D eigenvalue weighted by Gasteiger charge is 2.17. The molecule has 0 saturated carbocycles. The van der Waals surface area contributed by atoms with Gasteiger partial charge in [0.15, 0.2) is 0 Å². The summed E-state index contributed by atoms with van der Waals surface area (Å²) in [4.78, 5) is 4.09. The number of hydrazine groups is 1. The maximum atomic E-state index is 5.82. The lowest BCUT2D eigenvalue weighted by atomic mass is 10.00. The minimum Gasteiger partial charge on any atom is -0.493 e. The van der Waals surface area contributed by atoms with Crippen LogP contribution >= 0.6 is 11.6 Å². The Kier molecular flexibility index (Phi) is 5.35. The van der Waals surface area contributed by atoms with Gasteiger partial charge in [0, 0.05) is 11.8 Å². The number of halogens is 1. The molecule has 20 heavy (non-hydrogen) atoms. The van der Waals surface area contributed by atoms with Crippen LogP contribution < -0.4 is 16.0 Å². The number of rotatable bonds is 6. The molecule has 1 atom stereocenters. The fraction of sp³-hybridized carbons (Fsp3) is 0.267. The summed E-state index contributed by atoms with van der Waals surface area (Å²) in [6, 6.07) is 11.3. The van der Waals surface area contributed by atoms with Crippen LogP contribution in [0, 0.1) is 0 Å². The lowest BCUT2D eigenvalue weighted by molar-refractivity contribution is 0.311. The average Bonchev–Trinajstić information content (AvgIpc) is 2.49. The van der Waals surface area contributed by atoms with Crippen molar-refractivity contribution in [3.8, 4) is 5.75 Å². The van der Waals surface area contributed by atoms with Crippen LogP contribution in [0.3, 0.4) is 0 Å². The van der Waals surface area contributed by atoms with Crippen molar-refractivity contribution in [2.75, 3.05) is 6.61 Å². The van der Waals surface area contributed by atoms with Crippen molar-refractivity contribution in [2.24, 2.45) is 5.84 Å². The van der Waals surface area contributed by atoms with Crippen molar-refractivity contribution in [3.05, 3.63) is 58.9 Å². The predicted octanol–water partition coefficient (Wildman–Crippen LogP) is 3.08. The van der Waals surface area contributed by atoms with Crippen LogP contribution in [0.2, 0.25) is 5.15 Å². The van der Waals surface area contributed by atoms with E-state index < -0.39 is 0 Å². The van der Waals surface area contributed by atoms with Gasteiger partial charge in [0.1, 0.15) is 10.9 Å². The molecule has 106 valence electrons. The first-order valence-corrected chi connectivity index (χ1v) is 6.93. The first-order valence-electron chi connectivity index (χ1n) is 6.55.